The molecule has 0 spiro atoms. The monoisotopic (exact) mass is 296 g/mol. The van der Waals surface area contributed by atoms with Crippen molar-refractivity contribution < 1.29 is 9.26 Å². The summed E-state index contributed by atoms with van der Waals surface area (Å²) >= 11 is 3.44. The molecule has 2 rings (SSSR count). The molecule has 0 unspecified atom stereocenters. The highest BCUT2D eigenvalue weighted by Gasteiger charge is 2.08. The summed E-state index contributed by atoms with van der Waals surface area (Å²) in [4.78, 5) is 0. The Morgan fingerprint density at radius 3 is 2.94 bits per heavy atom. The van der Waals surface area contributed by atoms with Crippen LogP contribution in [-0.4, -0.2) is 5.16 Å². The van der Waals surface area contributed by atoms with Gasteiger partial charge >= 0.3 is 0 Å². The molecule has 0 saturated carbocycles. The molecular weight excluding hydrogens is 284 g/mol. The second-order valence-electron chi connectivity index (χ2n) is 3.65. The Morgan fingerprint density at radius 2 is 2.29 bits per heavy atom. The van der Waals surface area contributed by atoms with Crippen molar-refractivity contribution in [2.75, 3.05) is 0 Å². The summed E-state index contributed by atoms with van der Waals surface area (Å²) in [7, 11) is 0. The minimum atomic E-state index is 0.368. The lowest BCUT2D eigenvalue weighted by molar-refractivity contribution is 0.283. The van der Waals surface area contributed by atoms with Crippen LogP contribution in [0.25, 0.3) is 0 Å². The maximum Gasteiger partial charge on any atom is 0.138 e. The van der Waals surface area contributed by atoms with Gasteiger partial charge in [-0.2, -0.15) is 0 Å². The molecule has 0 radical (unpaired) electrons. The zero-order valence-corrected chi connectivity index (χ0v) is 11.0. The normalized spacial score (nSPS) is 10.5. The average molecular weight is 297 g/mol. The summed E-state index contributed by atoms with van der Waals surface area (Å²) in [5, 5.41) is 3.87. The van der Waals surface area contributed by atoms with Gasteiger partial charge in [0.1, 0.15) is 23.8 Å². The van der Waals surface area contributed by atoms with Gasteiger partial charge in [-0.25, -0.2) is 0 Å². The number of hydrogen-bond donors (Lipinski definition) is 1. The van der Waals surface area contributed by atoms with Gasteiger partial charge in [0.15, 0.2) is 0 Å². The van der Waals surface area contributed by atoms with Crippen LogP contribution >= 0.6 is 15.9 Å². The first-order chi connectivity index (χ1) is 8.20. The van der Waals surface area contributed by atoms with Crippen molar-refractivity contribution in [2.24, 2.45) is 5.73 Å². The second-order valence-corrected chi connectivity index (χ2v) is 4.50. The average Bonchev–Trinajstić information content (AvgIpc) is 2.73. The van der Waals surface area contributed by atoms with Crippen molar-refractivity contribution in [3.8, 4) is 5.75 Å². The molecule has 1 heterocycles. The van der Waals surface area contributed by atoms with Crippen LogP contribution in [0.1, 0.15) is 17.0 Å². The predicted octanol–water partition coefficient (Wildman–Crippen LogP) is 2.78. The number of ether oxygens (including phenoxy) is 1. The standard InChI is InChI=1S/C12H13BrN2O2/c1-8-5-10(15-17-8)7-16-12-9(6-14)3-2-4-11(12)13/h2-5H,6-7,14H2,1H3. The van der Waals surface area contributed by atoms with E-state index in [2.05, 4.69) is 21.1 Å². The summed E-state index contributed by atoms with van der Waals surface area (Å²) in [5.41, 5.74) is 7.38. The topological polar surface area (TPSA) is 61.3 Å². The smallest absolute Gasteiger partial charge is 0.138 e. The van der Waals surface area contributed by atoms with Crippen LogP contribution in [0.15, 0.2) is 33.3 Å². The Morgan fingerprint density at radius 1 is 1.47 bits per heavy atom. The number of rotatable bonds is 4. The van der Waals surface area contributed by atoms with Crippen LogP contribution in [0.3, 0.4) is 0 Å². The number of benzene rings is 1. The maximum absolute atomic E-state index is 5.71. The Balaban J connectivity index is 2.13. The summed E-state index contributed by atoms with van der Waals surface area (Å²) in [6, 6.07) is 7.63. The molecule has 0 fully saturated rings. The minimum absolute atomic E-state index is 0.368. The highest BCUT2D eigenvalue weighted by molar-refractivity contribution is 9.10. The molecule has 2 N–H and O–H groups in total. The van der Waals surface area contributed by atoms with Gasteiger partial charge in [0, 0.05) is 18.2 Å². The molecule has 0 aliphatic carbocycles. The molecule has 0 bridgehead atoms. The third-order valence-corrected chi connectivity index (χ3v) is 2.93. The van der Waals surface area contributed by atoms with Crippen molar-refractivity contribution >= 4 is 15.9 Å². The van der Waals surface area contributed by atoms with Crippen molar-refractivity contribution in [1.29, 1.82) is 0 Å². The fourth-order valence-corrected chi connectivity index (χ4v) is 2.03. The van der Waals surface area contributed by atoms with Gasteiger partial charge in [-0.05, 0) is 28.9 Å². The largest absolute Gasteiger partial charge is 0.486 e. The van der Waals surface area contributed by atoms with Gasteiger partial charge in [-0.15, -0.1) is 0 Å². The van der Waals surface area contributed by atoms with Gasteiger partial charge in [0.2, 0.25) is 0 Å². The Bertz CT molecular complexity index is 511. The zero-order chi connectivity index (χ0) is 12.3. The first-order valence-electron chi connectivity index (χ1n) is 5.23. The number of hydrogen-bond acceptors (Lipinski definition) is 4. The molecule has 90 valence electrons. The van der Waals surface area contributed by atoms with E-state index in [1.165, 1.54) is 0 Å². The van der Waals surface area contributed by atoms with Crippen LogP contribution < -0.4 is 10.5 Å². The Hall–Kier alpha value is -1.33. The molecule has 17 heavy (non-hydrogen) atoms. The zero-order valence-electron chi connectivity index (χ0n) is 9.44. The molecule has 4 nitrogen and oxygen atoms in total. The number of nitrogens with zero attached hydrogens (tertiary/aromatic N) is 1. The molecule has 0 saturated heterocycles. The third kappa shape index (κ3) is 2.87. The second kappa shape index (κ2) is 5.33. The minimum Gasteiger partial charge on any atom is -0.486 e. The van der Waals surface area contributed by atoms with Crippen molar-refractivity contribution in [3.63, 3.8) is 0 Å². The fourth-order valence-electron chi connectivity index (χ4n) is 1.51. The van der Waals surface area contributed by atoms with Crippen molar-refractivity contribution in [2.45, 2.75) is 20.1 Å². The first kappa shape index (κ1) is 12.1. The maximum atomic E-state index is 5.71. The van der Waals surface area contributed by atoms with E-state index in [9.17, 15) is 0 Å². The van der Waals surface area contributed by atoms with Gasteiger partial charge < -0.3 is 15.0 Å². The number of halogens is 1. The highest BCUT2D eigenvalue weighted by Crippen LogP contribution is 2.29. The lowest BCUT2D eigenvalue weighted by atomic mass is 10.2. The van der Waals surface area contributed by atoms with Gasteiger partial charge in [0.25, 0.3) is 0 Å². The first-order valence-corrected chi connectivity index (χ1v) is 6.02. The van der Waals surface area contributed by atoms with Crippen LogP contribution in [0.5, 0.6) is 5.75 Å². The summed E-state index contributed by atoms with van der Waals surface area (Å²) in [6.07, 6.45) is 0. The van der Waals surface area contributed by atoms with Crippen LogP contribution in [0.2, 0.25) is 0 Å². The van der Waals surface area contributed by atoms with Crippen molar-refractivity contribution in [3.05, 3.63) is 45.8 Å². The molecule has 0 aliphatic heterocycles. The number of nitrogens with two attached hydrogens (primary N) is 1. The fraction of sp³-hybridized carbons (Fsp3) is 0.250. The Kier molecular flexibility index (Phi) is 3.81. The molecular formula is C12H13BrN2O2. The van der Waals surface area contributed by atoms with Crippen LogP contribution in [0, 0.1) is 6.92 Å². The van der Waals surface area contributed by atoms with Gasteiger partial charge in [0.05, 0.1) is 4.47 Å². The van der Waals surface area contributed by atoms with E-state index >= 15 is 0 Å². The Labute approximate surface area is 108 Å². The molecule has 0 atom stereocenters. The molecule has 0 aliphatic rings. The quantitative estimate of drug-likeness (QED) is 0.942. The number of aryl methyl sites for hydroxylation is 1. The number of para-hydroxylation sites is 1. The van der Waals surface area contributed by atoms with E-state index < -0.39 is 0 Å². The lowest BCUT2D eigenvalue weighted by Gasteiger charge is -2.10. The van der Waals surface area contributed by atoms with Gasteiger partial charge in [-0.3, -0.25) is 0 Å². The van der Waals surface area contributed by atoms with Crippen LogP contribution in [0.4, 0.5) is 0 Å². The van der Waals surface area contributed by atoms with E-state index in [1.807, 2.05) is 31.2 Å². The van der Waals surface area contributed by atoms with Crippen LogP contribution in [-0.2, 0) is 13.2 Å². The predicted molar refractivity (Wildman–Crippen MR) is 67.6 cm³/mol. The third-order valence-electron chi connectivity index (χ3n) is 2.31. The summed E-state index contributed by atoms with van der Waals surface area (Å²) in [5.74, 6) is 1.53. The summed E-state index contributed by atoms with van der Waals surface area (Å²) in [6.45, 7) is 2.65. The van der Waals surface area contributed by atoms with E-state index in [4.69, 9.17) is 15.0 Å². The lowest BCUT2D eigenvalue weighted by Crippen LogP contribution is -2.03. The van der Waals surface area contributed by atoms with Crippen molar-refractivity contribution in [1.82, 2.24) is 5.16 Å². The van der Waals surface area contributed by atoms with E-state index in [0.29, 0.717) is 13.2 Å². The molecule has 5 heteroatoms. The van der Waals surface area contributed by atoms with E-state index in [1.54, 1.807) is 0 Å². The summed E-state index contributed by atoms with van der Waals surface area (Å²) < 4.78 is 11.6. The molecule has 0 amide bonds. The van der Waals surface area contributed by atoms with E-state index in [0.717, 1.165) is 27.2 Å². The molecule has 1 aromatic heterocycles. The highest BCUT2D eigenvalue weighted by atomic mass is 79.9. The SMILES string of the molecule is Cc1cc(COc2c(Br)cccc2CN)no1. The number of aromatic nitrogens is 1. The van der Waals surface area contributed by atoms with Gasteiger partial charge in [-0.1, -0.05) is 17.3 Å². The molecule has 2 aromatic rings. The molecule has 1 aromatic carbocycles. The van der Waals surface area contributed by atoms with E-state index in [-0.39, 0.29) is 0 Å².